The Morgan fingerprint density at radius 2 is 1.86 bits per heavy atom. The van der Waals surface area contributed by atoms with Crippen LogP contribution in [0.5, 0.6) is 0 Å². The van der Waals surface area contributed by atoms with Gasteiger partial charge < -0.3 is 10.2 Å². The maximum absolute atomic E-state index is 12.5. The van der Waals surface area contributed by atoms with E-state index in [0.717, 1.165) is 29.1 Å². The molecule has 0 saturated heterocycles. The number of aryl methyl sites for hydroxylation is 1. The third-order valence-electron chi connectivity index (χ3n) is 3.95. The summed E-state index contributed by atoms with van der Waals surface area (Å²) in [6.07, 6.45) is 4.61. The molecule has 2 aromatic rings. The minimum Gasteiger partial charge on any atom is -0.378 e. The van der Waals surface area contributed by atoms with Gasteiger partial charge in [0.1, 0.15) is 0 Å². The van der Waals surface area contributed by atoms with Crippen molar-refractivity contribution in [1.82, 2.24) is 0 Å². The van der Waals surface area contributed by atoms with Crippen molar-refractivity contribution in [2.45, 2.75) is 25.7 Å². The molecular formula is C17H20N2OS. The molecule has 1 aliphatic rings. The second kappa shape index (κ2) is 5.90. The van der Waals surface area contributed by atoms with Gasteiger partial charge in [-0.05, 0) is 66.5 Å². The minimum atomic E-state index is 0.0285. The Kier molecular flexibility index (Phi) is 3.97. The predicted octanol–water partition coefficient (Wildman–Crippen LogP) is 3.95. The molecule has 0 radical (unpaired) electrons. The number of hydrogen-bond acceptors (Lipinski definition) is 3. The Morgan fingerprint density at radius 1 is 1.14 bits per heavy atom. The lowest BCUT2D eigenvalue weighted by Crippen LogP contribution is -2.14. The normalized spacial score (nSPS) is 13.6. The molecule has 1 N–H and O–H groups in total. The Morgan fingerprint density at radius 3 is 2.57 bits per heavy atom. The van der Waals surface area contributed by atoms with Crippen LogP contribution in [-0.4, -0.2) is 20.0 Å². The van der Waals surface area contributed by atoms with E-state index >= 15 is 0 Å². The molecule has 110 valence electrons. The molecule has 0 aliphatic heterocycles. The quantitative estimate of drug-likeness (QED) is 0.931. The smallest absolute Gasteiger partial charge is 0.266 e. The lowest BCUT2D eigenvalue weighted by Gasteiger charge is -2.14. The van der Waals surface area contributed by atoms with Crippen LogP contribution in [0, 0.1) is 0 Å². The zero-order valence-corrected chi connectivity index (χ0v) is 13.3. The average Bonchev–Trinajstić information content (AvgIpc) is 2.92. The van der Waals surface area contributed by atoms with Gasteiger partial charge in [-0.2, -0.15) is 0 Å². The van der Waals surface area contributed by atoms with E-state index in [0.29, 0.717) is 0 Å². The second-order valence-electron chi connectivity index (χ2n) is 5.67. The predicted molar refractivity (Wildman–Crippen MR) is 89.7 cm³/mol. The highest BCUT2D eigenvalue weighted by molar-refractivity contribution is 7.12. The second-order valence-corrected chi connectivity index (χ2v) is 6.55. The average molecular weight is 300 g/mol. The molecule has 4 heteroatoms. The van der Waals surface area contributed by atoms with Crippen molar-refractivity contribution in [3.8, 4) is 0 Å². The first-order chi connectivity index (χ1) is 10.1. The summed E-state index contributed by atoms with van der Waals surface area (Å²) in [5.41, 5.74) is 4.62. The van der Waals surface area contributed by atoms with Crippen molar-refractivity contribution < 1.29 is 4.79 Å². The molecule has 0 unspecified atom stereocenters. The molecule has 0 fully saturated rings. The number of amides is 1. The van der Waals surface area contributed by atoms with E-state index in [1.54, 1.807) is 11.3 Å². The highest BCUT2D eigenvalue weighted by atomic mass is 32.1. The minimum absolute atomic E-state index is 0.0285. The van der Waals surface area contributed by atoms with Crippen molar-refractivity contribution in [3.63, 3.8) is 0 Å². The zero-order chi connectivity index (χ0) is 14.8. The van der Waals surface area contributed by atoms with E-state index < -0.39 is 0 Å². The van der Waals surface area contributed by atoms with Gasteiger partial charge in [-0.15, -0.1) is 11.3 Å². The third kappa shape index (κ3) is 2.95. The number of thiophene rings is 1. The van der Waals surface area contributed by atoms with Crippen LogP contribution < -0.4 is 10.2 Å². The first-order valence-electron chi connectivity index (χ1n) is 7.33. The topological polar surface area (TPSA) is 32.3 Å². The first kappa shape index (κ1) is 14.1. The first-order valence-corrected chi connectivity index (χ1v) is 8.21. The summed E-state index contributed by atoms with van der Waals surface area (Å²) in [4.78, 5) is 15.4. The lowest BCUT2D eigenvalue weighted by molar-refractivity contribution is 0.102. The molecule has 1 heterocycles. The largest absolute Gasteiger partial charge is 0.378 e. The molecule has 21 heavy (non-hydrogen) atoms. The van der Waals surface area contributed by atoms with Crippen LogP contribution in [-0.2, 0) is 12.8 Å². The van der Waals surface area contributed by atoms with Gasteiger partial charge in [0, 0.05) is 25.5 Å². The maximum Gasteiger partial charge on any atom is 0.266 e. The van der Waals surface area contributed by atoms with Gasteiger partial charge in [0.05, 0.1) is 4.88 Å². The molecule has 1 aliphatic carbocycles. The van der Waals surface area contributed by atoms with E-state index in [9.17, 15) is 4.79 Å². The van der Waals surface area contributed by atoms with Crippen molar-refractivity contribution >= 4 is 28.6 Å². The van der Waals surface area contributed by atoms with Crippen molar-refractivity contribution in [1.29, 1.82) is 0 Å². The van der Waals surface area contributed by atoms with Crippen molar-refractivity contribution in [2.24, 2.45) is 0 Å². The zero-order valence-electron chi connectivity index (χ0n) is 12.5. The van der Waals surface area contributed by atoms with E-state index in [1.165, 1.54) is 24.0 Å². The van der Waals surface area contributed by atoms with Gasteiger partial charge in [0.15, 0.2) is 0 Å². The molecule has 1 amide bonds. The highest BCUT2D eigenvalue weighted by Crippen LogP contribution is 2.30. The summed E-state index contributed by atoms with van der Waals surface area (Å²) < 4.78 is 0. The van der Waals surface area contributed by atoms with Crippen LogP contribution in [0.2, 0.25) is 0 Å². The van der Waals surface area contributed by atoms with Gasteiger partial charge in [0.2, 0.25) is 0 Å². The summed E-state index contributed by atoms with van der Waals surface area (Å²) >= 11 is 1.58. The summed E-state index contributed by atoms with van der Waals surface area (Å²) in [5, 5.41) is 5.16. The van der Waals surface area contributed by atoms with Gasteiger partial charge >= 0.3 is 0 Å². The molecule has 0 saturated carbocycles. The number of benzene rings is 1. The van der Waals surface area contributed by atoms with Gasteiger partial charge in [-0.1, -0.05) is 0 Å². The van der Waals surface area contributed by atoms with E-state index in [1.807, 2.05) is 43.3 Å². The van der Waals surface area contributed by atoms with Gasteiger partial charge in [0.25, 0.3) is 5.91 Å². The number of hydrogen-bond donors (Lipinski definition) is 1. The van der Waals surface area contributed by atoms with Crippen molar-refractivity contribution in [3.05, 3.63) is 45.6 Å². The fourth-order valence-corrected chi connectivity index (χ4v) is 3.79. The monoisotopic (exact) mass is 300 g/mol. The number of anilines is 2. The summed E-state index contributed by atoms with van der Waals surface area (Å²) in [5.74, 6) is 0.0285. The molecule has 0 bridgehead atoms. The lowest BCUT2D eigenvalue weighted by atomic mass is 9.94. The van der Waals surface area contributed by atoms with Crippen LogP contribution in [0.3, 0.4) is 0 Å². The van der Waals surface area contributed by atoms with Crippen LogP contribution in [0.25, 0.3) is 0 Å². The Bertz CT molecular complexity index is 643. The van der Waals surface area contributed by atoms with E-state index in [-0.39, 0.29) is 5.91 Å². The molecular weight excluding hydrogens is 280 g/mol. The van der Waals surface area contributed by atoms with Crippen LogP contribution in [0.4, 0.5) is 11.4 Å². The number of rotatable bonds is 3. The Labute approximate surface area is 129 Å². The number of nitrogens with one attached hydrogen (secondary N) is 1. The number of nitrogens with zero attached hydrogens (tertiary/aromatic N) is 1. The fraction of sp³-hybridized carbons (Fsp3) is 0.353. The molecule has 1 aromatic heterocycles. The summed E-state index contributed by atoms with van der Waals surface area (Å²) in [7, 11) is 4.01. The summed E-state index contributed by atoms with van der Waals surface area (Å²) in [6, 6.07) is 7.93. The van der Waals surface area contributed by atoms with E-state index in [4.69, 9.17) is 0 Å². The number of fused-ring (bicyclic) bond motifs is 1. The SMILES string of the molecule is CN(C)c1ccc(NC(=O)c2scc3c2CCCC3)cc1. The molecule has 0 atom stereocenters. The Hall–Kier alpha value is -1.81. The molecule has 1 aromatic carbocycles. The Balaban J connectivity index is 1.75. The van der Waals surface area contributed by atoms with E-state index in [2.05, 4.69) is 10.7 Å². The fourth-order valence-electron chi connectivity index (χ4n) is 2.74. The number of carbonyl (C=O) groups excluding carboxylic acids is 1. The third-order valence-corrected chi connectivity index (χ3v) is 5.02. The van der Waals surface area contributed by atoms with Gasteiger partial charge in [-0.25, -0.2) is 0 Å². The van der Waals surface area contributed by atoms with Crippen LogP contribution in [0.15, 0.2) is 29.6 Å². The highest BCUT2D eigenvalue weighted by Gasteiger charge is 2.20. The van der Waals surface area contributed by atoms with Crippen LogP contribution >= 0.6 is 11.3 Å². The maximum atomic E-state index is 12.5. The van der Waals surface area contributed by atoms with Crippen molar-refractivity contribution in [2.75, 3.05) is 24.3 Å². The van der Waals surface area contributed by atoms with Gasteiger partial charge in [-0.3, -0.25) is 4.79 Å². The number of carbonyl (C=O) groups is 1. The standard InChI is InChI=1S/C17H20N2OS/c1-19(2)14-9-7-13(8-10-14)18-17(20)16-15-6-4-3-5-12(15)11-21-16/h7-11H,3-6H2,1-2H3,(H,18,20). The molecule has 3 nitrogen and oxygen atoms in total. The molecule has 0 spiro atoms. The van der Waals surface area contributed by atoms with Crippen LogP contribution in [0.1, 0.15) is 33.6 Å². The molecule has 3 rings (SSSR count). The summed E-state index contributed by atoms with van der Waals surface area (Å²) in [6.45, 7) is 0.